The summed E-state index contributed by atoms with van der Waals surface area (Å²) < 4.78 is 0. The summed E-state index contributed by atoms with van der Waals surface area (Å²) in [6.45, 7) is 2.27. The largest absolute Gasteiger partial charge is 2.00 e. The number of rotatable bonds is 2. The number of aliphatic hydroxyl groups is 2. The third-order valence-corrected chi connectivity index (χ3v) is 0.682. The van der Waals surface area contributed by atoms with Gasteiger partial charge in [0.05, 0.1) is 24.1 Å². The van der Waals surface area contributed by atoms with E-state index in [1.165, 1.54) is 0 Å². The van der Waals surface area contributed by atoms with Crippen molar-refractivity contribution < 1.29 is 47.1 Å². The summed E-state index contributed by atoms with van der Waals surface area (Å²) in [5, 5.41) is 34.6. The smallest absolute Gasteiger partial charge is 0.547 e. The van der Waals surface area contributed by atoms with Crippen molar-refractivity contribution in [1.82, 2.24) is 0 Å². The van der Waals surface area contributed by atoms with Crippen molar-refractivity contribution in [3.8, 4) is 0 Å². The molecule has 0 rings (SSSR count). The van der Waals surface area contributed by atoms with E-state index in [1.54, 1.807) is 0 Å². The van der Waals surface area contributed by atoms with E-state index < -0.39 is 24.1 Å². The van der Waals surface area contributed by atoms with E-state index in [1.807, 2.05) is 0 Å². The molecular weight excluding hydrogens is 224 g/mol. The molecule has 0 saturated heterocycles. The average molecular weight is 234 g/mol. The Labute approximate surface area is 85.7 Å². The quantitative estimate of drug-likeness (QED) is 0.473. The Morgan fingerprint density at radius 1 is 1.00 bits per heavy atom. The Balaban J connectivity index is -0.000000143. The van der Waals surface area contributed by atoms with Crippen LogP contribution in [0.15, 0.2) is 0 Å². The van der Waals surface area contributed by atoms with Crippen LogP contribution < -0.4 is 10.2 Å². The molecule has 0 unspecified atom stereocenters. The van der Waals surface area contributed by atoms with E-state index in [2.05, 4.69) is 0 Å². The molecule has 0 saturated carbocycles. The third kappa shape index (κ3) is 18.4. The van der Waals surface area contributed by atoms with E-state index in [0.717, 1.165) is 13.8 Å². The number of hydrogen-bond donors (Lipinski definition) is 2. The summed E-state index contributed by atoms with van der Waals surface area (Å²) in [5.41, 5.74) is 0. The molecule has 0 aromatic carbocycles. The molecule has 0 aromatic rings. The molecule has 2 N–H and O–H groups in total. The van der Waals surface area contributed by atoms with Gasteiger partial charge in [0.2, 0.25) is 0 Å². The van der Waals surface area contributed by atoms with Crippen LogP contribution in [0.4, 0.5) is 0 Å². The number of aliphatic carboxylic acids is 2. The van der Waals surface area contributed by atoms with E-state index in [-0.39, 0.29) is 17.1 Å². The van der Waals surface area contributed by atoms with Gasteiger partial charge < -0.3 is 30.0 Å². The van der Waals surface area contributed by atoms with Crippen molar-refractivity contribution in [2.45, 2.75) is 26.1 Å². The first-order chi connectivity index (χ1) is 5.29. The van der Waals surface area contributed by atoms with Gasteiger partial charge in [0.25, 0.3) is 0 Å². The second kappa shape index (κ2) is 9.47. The second-order valence-electron chi connectivity index (χ2n) is 1.99. The fourth-order valence-corrected chi connectivity index (χ4v) is 0. The van der Waals surface area contributed by atoms with E-state index >= 15 is 0 Å². The first kappa shape index (κ1) is 18.2. The van der Waals surface area contributed by atoms with Crippen molar-refractivity contribution in [2.24, 2.45) is 0 Å². The zero-order valence-electron chi connectivity index (χ0n) is 7.04. The Morgan fingerprint density at radius 2 is 1.08 bits per heavy atom. The molecule has 0 bridgehead atoms. The van der Waals surface area contributed by atoms with Gasteiger partial charge in [0.15, 0.2) is 0 Å². The Bertz CT molecular complexity index is 137. The number of hydrogen-bond acceptors (Lipinski definition) is 6. The molecule has 78 valence electrons. The Morgan fingerprint density at radius 3 is 1.08 bits per heavy atom. The molecule has 0 amide bonds. The third-order valence-electron chi connectivity index (χ3n) is 0.682. The van der Waals surface area contributed by atoms with E-state index in [9.17, 15) is 19.8 Å². The number of carboxylic acids is 2. The van der Waals surface area contributed by atoms with Crippen molar-refractivity contribution in [1.29, 1.82) is 0 Å². The summed E-state index contributed by atoms with van der Waals surface area (Å²) in [6, 6.07) is 0. The average Bonchev–Trinajstić information content (AvgIpc) is 1.88. The summed E-state index contributed by atoms with van der Waals surface area (Å²) >= 11 is 0. The number of carboxylic acid groups (broad SMARTS) is 2. The number of carbonyl (C=O) groups excluding carboxylic acids is 2. The van der Waals surface area contributed by atoms with Crippen LogP contribution in [0, 0.1) is 0 Å². The van der Waals surface area contributed by atoms with Gasteiger partial charge in [-0.1, -0.05) is 0 Å². The predicted octanol–water partition coefficient (Wildman–Crippen LogP) is -3.77. The fourth-order valence-electron chi connectivity index (χ4n) is 0. The summed E-state index contributed by atoms with van der Waals surface area (Å²) in [6.07, 6.45) is -2.69. The molecule has 0 aromatic heterocycles. The van der Waals surface area contributed by atoms with Gasteiger partial charge in [-0.3, -0.25) is 0 Å². The molecule has 0 heterocycles. The minimum atomic E-state index is -1.44. The maximum atomic E-state index is 9.34. The molecule has 0 spiro atoms. The summed E-state index contributed by atoms with van der Waals surface area (Å²) in [4.78, 5) is 18.7. The van der Waals surface area contributed by atoms with E-state index in [0.29, 0.717) is 0 Å². The number of aliphatic hydroxyl groups excluding tert-OH is 2. The van der Waals surface area contributed by atoms with Gasteiger partial charge in [0.1, 0.15) is 0 Å². The molecule has 0 fully saturated rings. The SMILES string of the molecule is C[C@@H](O)C(=O)[O-].C[C@@H](O)C(=O)[O-].[Fe+2]. The molecule has 6 nitrogen and oxygen atoms in total. The van der Waals surface area contributed by atoms with Crippen LogP contribution in [0.25, 0.3) is 0 Å². The minimum absolute atomic E-state index is 0. The second-order valence-corrected chi connectivity index (χ2v) is 1.99. The van der Waals surface area contributed by atoms with Gasteiger partial charge in [-0.2, -0.15) is 0 Å². The van der Waals surface area contributed by atoms with Gasteiger partial charge in [-0.05, 0) is 13.8 Å². The van der Waals surface area contributed by atoms with Crippen LogP contribution in [-0.2, 0) is 26.7 Å². The minimum Gasteiger partial charge on any atom is -0.547 e. The first-order valence-electron chi connectivity index (χ1n) is 3.06. The monoisotopic (exact) mass is 234 g/mol. The topological polar surface area (TPSA) is 121 Å². The summed E-state index contributed by atoms with van der Waals surface area (Å²) in [5.74, 6) is -2.87. The van der Waals surface area contributed by atoms with Crippen molar-refractivity contribution >= 4 is 11.9 Å². The molecular formula is C6H10FeO6. The molecule has 0 aliphatic carbocycles. The first-order valence-corrected chi connectivity index (χ1v) is 3.06. The molecule has 7 heteroatoms. The number of carbonyl (C=O) groups is 2. The van der Waals surface area contributed by atoms with Crippen LogP contribution in [0.5, 0.6) is 0 Å². The van der Waals surface area contributed by atoms with Crippen molar-refractivity contribution in [3.63, 3.8) is 0 Å². The molecule has 0 aliphatic heterocycles. The predicted molar refractivity (Wildman–Crippen MR) is 33.4 cm³/mol. The molecule has 0 aliphatic rings. The van der Waals surface area contributed by atoms with Crippen molar-refractivity contribution in [3.05, 3.63) is 0 Å². The zero-order chi connectivity index (χ0) is 10.3. The van der Waals surface area contributed by atoms with Gasteiger partial charge in [0, 0.05) is 0 Å². The van der Waals surface area contributed by atoms with Crippen LogP contribution in [0.3, 0.4) is 0 Å². The van der Waals surface area contributed by atoms with Crippen LogP contribution in [0.2, 0.25) is 0 Å². The molecule has 13 heavy (non-hydrogen) atoms. The van der Waals surface area contributed by atoms with Crippen molar-refractivity contribution in [2.75, 3.05) is 0 Å². The Hall–Kier alpha value is -0.621. The van der Waals surface area contributed by atoms with Gasteiger partial charge >= 0.3 is 17.1 Å². The van der Waals surface area contributed by atoms with Gasteiger partial charge in [-0.15, -0.1) is 0 Å². The molecule has 0 radical (unpaired) electrons. The zero-order valence-corrected chi connectivity index (χ0v) is 8.14. The fraction of sp³-hybridized carbons (Fsp3) is 0.667. The normalized spacial score (nSPS) is 12.6. The Kier molecular flexibility index (Phi) is 13.3. The summed E-state index contributed by atoms with van der Waals surface area (Å²) in [7, 11) is 0. The molecule has 2 atom stereocenters. The van der Waals surface area contributed by atoms with Gasteiger partial charge in [-0.25, -0.2) is 0 Å². The maximum Gasteiger partial charge on any atom is 2.00 e. The maximum absolute atomic E-state index is 9.34. The van der Waals surface area contributed by atoms with E-state index in [4.69, 9.17) is 10.2 Å². The van der Waals surface area contributed by atoms with Crippen LogP contribution in [-0.4, -0.2) is 34.4 Å². The van der Waals surface area contributed by atoms with Crippen LogP contribution in [0.1, 0.15) is 13.8 Å². The van der Waals surface area contributed by atoms with Crippen LogP contribution >= 0.6 is 0 Å². The standard InChI is InChI=1S/2C3H6O3.Fe/c2*1-2(4)3(5)6;/h2*2,4H,1H3,(H,5,6);/q;;+2/p-2/t2*2-;/m11./s1.